The van der Waals surface area contributed by atoms with E-state index >= 15 is 0 Å². The van der Waals surface area contributed by atoms with Gasteiger partial charge < -0.3 is 9.42 Å². The summed E-state index contributed by atoms with van der Waals surface area (Å²) in [5.41, 5.74) is 1.02. The van der Waals surface area contributed by atoms with E-state index in [1.807, 2.05) is 6.92 Å². The van der Waals surface area contributed by atoms with Gasteiger partial charge in [0.1, 0.15) is 12.1 Å². The van der Waals surface area contributed by atoms with Crippen molar-refractivity contribution in [2.75, 3.05) is 31.1 Å². The zero-order valence-corrected chi connectivity index (χ0v) is 12.0. The van der Waals surface area contributed by atoms with E-state index in [0.29, 0.717) is 11.8 Å². The van der Waals surface area contributed by atoms with Crippen LogP contribution < -0.4 is 4.90 Å². The normalized spacial score (nSPS) is 25.5. The van der Waals surface area contributed by atoms with Gasteiger partial charge in [-0.05, 0) is 18.8 Å². The molecular formula is C14H18N6O. The zero-order valence-electron chi connectivity index (χ0n) is 12.0. The molecule has 2 aliphatic heterocycles. The molecule has 2 atom stereocenters. The number of hydrogen-bond donors (Lipinski definition) is 0. The summed E-state index contributed by atoms with van der Waals surface area (Å²) in [4.78, 5) is 17.5. The van der Waals surface area contributed by atoms with Crippen molar-refractivity contribution in [1.82, 2.24) is 25.0 Å². The SMILES string of the molecule is Cc1cc(N2CC3CN(Cc4ncon4)CC3C2)ncn1. The Kier molecular flexibility index (Phi) is 3.07. The average molecular weight is 286 g/mol. The Morgan fingerprint density at radius 1 is 1.14 bits per heavy atom. The van der Waals surface area contributed by atoms with Gasteiger partial charge in [0.25, 0.3) is 0 Å². The Balaban J connectivity index is 1.39. The van der Waals surface area contributed by atoms with Crippen LogP contribution in [0.15, 0.2) is 23.3 Å². The first-order valence-electron chi connectivity index (χ1n) is 7.29. The largest absolute Gasteiger partial charge is 0.356 e. The lowest BCUT2D eigenvalue weighted by atomic mass is 10.0. The Bertz CT molecular complexity index is 602. The Morgan fingerprint density at radius 2 is 1.95 bits per heavy atom. The molecule has 4 rings (SSSR count). The topological polar surface area (TPSA) is 71.2 Å². The van der Waals surface area contributed by atoms with Gasteiger partial charge >= 0.3 is 0 Å². The number of fused-ring (bicyclic) bond motifs is 1. The highest BCUT2D eigenvalue weighted by molar-refractivity contribution is 5.40. The lowest BCUT2D eigenvalue weighted by Crippen LogP contribution is -2.29. The van der Waals surface area contributed by atoms with Gasteiger partial charge in [-0.15, -0.1) is 0 Å². The number of aromatic nitrogens is 4. The summed E-state index contributed by atoms with van der Waals surface area (Å²) < 4.78 is 4.79. The van der Waals surface area contributed by atoms with E-state index in [1.165, 1.54) is 6.39 Å². The van der Waals surface area contributed by atoms with Gasteiger partial charge in [-0.1, -0.05) is 5.16 Å². The molecule has 0 bridgehead atoms. The highest BCUT2D eigenvalue weighted by Gasteiger charge is 2.40. The molecule has 2 aliphatic rings. The maximum Gasteiger partial charge on any atom is 0.213 e. The number of rotatable bonds is 3. The minimum absolute atomic E-state index is 0.701. The van der Waals surface area contributed by atoms with Crippen molar-refractivity contribution < 1.29 is 4.52 Å². The minimum Gasteiger partial charge on any atom is -0.356 e. The van der Waals surface area contributed by atoms with Crippen molar-refractivity contribution in [3.8, 4) is 0 Å². The quantitative estimate of drug-likeness (QED) is 0.824. The second kappa shape index (κ2) is 5.07. The third kappa shape index (κ3) is 2.49. The fourth-order valence-electron chi connectivity index (χ4n) is 3.48. The van der Waals surface area contributed by atoms with Gasteiger partial charge in [-0.2, -0.15) is 4.98 Å². The Morgan fingerprint density at radius 3 is 2.62 bits per heavy atom. The molecule has 0 amide bonds. The van der Waals surface area contributed by atoms with E-state index in [-0.39, 0.29) is 0 Å². The Labute approximate surface area is 123 Å². The first kappa shape index (κ1) is 12.7. The van der Waals surface area contributed by atoms with Crippen molar-refractivity contribution in [1.29, 1.82) is 0 Å². The van der Waals surface area contributed by atoms with E-state index in [0.717, 1.165) is 50.1 Å². The van der Waals surface area contributed by atoms with Gasteiger partial charge in [0.2, 0.25) is 6.39 Å². The highest BCUT2D eigenvalue weighted by Crippen LogP contribution is 2.33. The highest BCUT2D eigenvalue weighted by atomic mass is 16.5. The van der Waals surface area contributed by atoms with Crippen LogP contribution in [-0.2, 0) is 6.54 Å². The molecule has 2 fully saturated rings. The molecule has 2 aromatic heterocycles. The molecule has 0 aliphatic carbocycles. The summed E-state index contributed by atoms with van der Waals surface area (Å²) in [7, 11) is 0. The van der Waals surface area contributed by atoms with Gasteiger partial charge in [0.15, 0.2) is 5.82 Å². The number of anilines is 1. The van der Waals surface area contributed by atoms with E-state index in [4.69, 9.17) is 4.52 Å². The molecule has 4 heterocycles. The van der Waals surface area contributed by atoms with Gasteiger partial charge in [0, 0.05) is 37.9 Å². The third-order valence-corrected chi connectivity index (χ3v) is 4.45. The molecule has 7 heteroatoms. The standard InChI is InChI=1S/C14H18N6O/c1-10-2-14(16-8-15-10)20-5-11-3-19(4-12(11)6-20)7-13-17-9-21-18-13/h2,8-9,11-12H,3-7H2,1H3. The summed E-state index contributed by atoms with van der Waals surface area (Å²) >= 11 is 0. The van der Waals surface area contributed by atoms with Crippen LogP contribution in [0.5, 0.6) is 0 Å². The molecule has 110 valence electrons. The molecule has 0 radical (unpaired) electrons. The minimum atomic E-state index is 0.701. The Hall–Kier alpha value is -2.02. The molecule has 2 saturated heterocycles. The van der Waals surface area contributed by atoms with Crippen LogP contribution in [0.25, 0.3) is 0 Å². The first-order chi connectivity index (χ1) is 10.3. The summed E-state index contributed by atoms with van der Waals surface area (Å²) in [6.07, 6.45) is 3.05. The predicted octanol–water partition coefficient (Wildman–Crippen LogP) is 0.736. The summed E-state index contributed by atoms with van der Waals surface area (Å²) in [5.74, 6) is 3.24. The predicted molar refractivity (Wildman–Crippen MR) is 75.5 cm³/mol. The van der Waals surface area contributed by atoms with Crippen molar-refractivity contribution >= 4 is 5.82 Å². The van der Waals surface area contributed by atoms with Crippen molar-refractivity contribution in [3.63, 3.8) is 0 Å². The van der Waals surface area contributed by atoms with Crippen LogP contribution in [0.2, 0.25) is 0 Å². The third-order valence-electron chi connectivity index (χ3n) is 4.45. The van der Waals surface area contributed by atoms with Gasteiger partial charge in [-0.3, -0.25) is 4.90 Å². The monoisotopic (exact) mass is 286 g/mol. The van der Waals surface area contributed by atoms with Crippen LogP contribution in [0.1, 0.15) is 11.5 Å². The second-order valence-electron chi connectivity index (χ2n) is 5.98. The maximum absolute atomic E-state index is 4.79. The zero-order chi connectivity index (χ0) is 14.2. The van der Waals surface area contributed by atoms with E-state index in [1.54, 1.807) is 6.33 Å². The average Bonchev–Trinajstić information content (AvgIpc) is 3.14. The summed E-state index contributed by atoms with van der Waals surface area (Å²) in [6, 6.07) is 2.07. The summed E-state index contributed by atoms with van der Waals surface area (Å²) in [6.45, 7) is 7.14. The number of nitrogens with zero attached hydrogens (tertiary/aromatic N) is 6. The fourth-order valence-corrected chi connectivity index (χ4v) is 3.48. The van der Waals surface area contributed by atoms with Crippen LogP contribution in [0, 0.1) is 18.8 Å². The van der Waals surface area contributed by atoms with E-state index in [2.05, 4.69) is 36.0 Å². The van der Waals surface area contributed by atoms with E-state index in [9.17, 15) is 0 Å². The van der Waals surface area contributed by atoms with Gasteiger partial charge in [-0.25, -0.2) is 9.97 Å². The van der Waals surface area contributed by atoms with Crippen molar-refractivity contribution in [3.05, 3.63) is 30.3 Å². The van der Waals surface area contributed by atoms with Crippen LogP contribution >= 0.6 is 0 Å². The van der Waals surface area contributed by atoms with Crippen LogP contribution in [-0.4, -0.2) is 51.2 Å². The molecule has 0 saturated carbocycles. The summed E-state index contributed by atoms with van der Waals surface area (Å²) in [5, 5.41) is 3.89. The maximum atomic E-state index is 4.79. The van der Waals surface area contributed by atoms with Crippen molar-refractivity contribution in [2.24, 2.45) is 11.8 Å². The molecule has 2 unspecified atom stereocenters. The van der Waals surface area contributed by atoms with Crippen LogP contribution in [0.3, 0.4) is 0 Å². The van der Waals surface area contributed by atoms with Gasteiger partial charge in [0.05, 0.1) is 6.54 Å². The number of likely N-dealkylation sites (tertiary alicyclic amines) is 1. The smallest absolute Gasteiger partial charge is 0.213 e. The van der Waals surface area contributed by atoms with Crippen LogP contribution in [0.4, 0.5) is 5.82 Å². The molecule has 21 heavy (non-hydrogen) atoms. The number of hydrogen-bond acceptors (Lipinski definition) is 7. The number of aryl methyl sites for hydroxylation is 1. The second-order valence-corrected chi connectivity index (χ2v) is 5.98. The molecule has 0 aromatic carbocycles. The molecule has 7 nitrogen and oxygen atoms in total. The molecule has 0 N–H and O–H groups in total. The molecular weight excluding hydrogens is 268 g/mol. The molecule has 0 spiro atoms. The van der Waals surface area contributed by atoms with E-state index < -0.39 is 0 Å². The lowest BCUT2D eigenvalue weighted by molar-refractivity contribution is 0.293. The molecule has 2 aromatic rings. The van der Waals surface area contributed by atoms with Crippen molar-refractivity contribution in [2.45, 2.75) is 13.5 Å². The lowest BCUT2D eigenvalue weighted by Gasteiger charge is -2.21. The first-order valence-corrected chi connectivity index (χ1v) is 7.29. The fraction of sp³-hybridized carbons (Fsp3) is 0.571.